The number of methoxy groups -OCH3 is 1. The molecule has 0 atom stereocenters. The van der Waals surface area contributed by atoms with Crippen LogP contribution in [0.1, 0.15) is 20.3 Å². The van der Waals surface area contributed by atoms with Gasteiger partial charge in [-0.25, -0.2) is 0 Å². The smallest absolute Gasteiger partial charge is 0.307 e. The van der Waals surface area contributed by atoms with Crippen LogP contribution in [0.2, 0.25) is 0 Å². The first kappa shape index (κ1) is 19.3. The fourth-order valence-electron chi connectivity index (χ4n) is 1.57. The van der Waals surface area contributed by atoms with Crippen molar-refractivity contribution in [2.75, 3.05) is 66.4 Å². The van der Waals surface area contributed by atoms with Crippen LogP contribution in [0.3, 0.4) is 0 Å². The summed E-state index contributed by atoms with van der Waals surface area (Å²) in [5.74, 6) is -0.195. The van der Waals surface area contributed by atoms with Gasteiger partial charge in [0.2, 0.25) is 0 Å². The Morgan fingerprint density at radius 3 is 2.00 bits per heavy atom. The third-order valence-corrected chi connectivity index (χ3v) is 2.69. The number of esters is 1. The Kier molecular flexibility index (Phi) is 14.2. The third kappa shape index (κ3) is 12.3. The van der Waals surface area contributed by atoms with Gasteiger partial charge >= 0.3 is 5.97 Å². The van der Waals surface area contributed by atoms with Crippen molar-refractivity contribution in [3.05, 3.63) is 0 Å². The molecule has 0 N–H and O–H groups in total. The number of hydrogen-bond acceptors (Lipinski definition) is 6. The Morgan fingerprint density at radius 2 is 1.50 bits per heavy atom. The van der Waals surface area contributed by atoms with E-state index < -0.39 is 0 Å². The van der Waals surface area contributed by atoms with Crippen LogP contribution in [0.4, 0.5) is 0 Å². The van der Waals surface area contributed by atoms with Crippen LogP contribution in [0.5, 0.6) is 0 Å². The molecule has 0 saturated carbocycles. The minimum Gasteiger partial charge on any atom is -0.463 e. The fraction of sp³-hybridized carbons (Fsp3) is 0.929. The Labute approximate surface area is 122 Å². The minimum atomic E-state index is -0.195. The van der Waals surface area contributed by atoms with Crippen LogP contribution >= 0.6 is 0 Å². The maximum Gasteiger partial charge on any atom is 0.307 e. The van der Waals surface area contributed by atoms with Gasteiger partial charge in [-0.05, 0) is 13.8 Å². The van der Waals surface area contributed by atoms with E-state index in [4.69, 9.17) is 18.9 Å². The Morgan fingerprint density at radius 1 is 0.900 bits per heavy atom. The summed E-state index contributed by atoms with van der Waals surface area (Å²) in [5, 5.41) is 0. The van der Waals surface area contributed by atoms with E-state index in [1.165, 1.54) is 0 Å². The molecule has 0 bridgehead atoms. The van der Waals surface area contributed by atoms with Crippen molar-refractivity contribution >= 4 is 5.97 Å². The Balaban J connectivity index is 3.84. The summed E-state index contributed by atoms with van der Waals surface area (Å²) in [6, 6.07) is 0. The minimum absolute atomic E-state index is 0.195. The average molecular weight is 291 g/mol. The van der Waals surface area contributed by atoms with Gasteiger partial charge in [-0.2, -0.15) is 0 Å². The lowest BCUT2D eigenvalue weighted by Crippen LogP contribution is -2.33. The molecule has 120 valence electrons. The van der Waals surface area contributed by atoms with E-state index in [-0.39, 0.29) is 5.97 Å². The number of rotatable bonds is 14. The maximum atomic E-state index is 11.5. The molecule has 0 aromatic rings. The van der Waals surface area contributed by atoms with Crippen LogP contribution in [0.15, 0.2) is 0 Å². The van der Waals surface area contributed by atoms with Gasteiger partial charge in [-0.1, -0.05) is 0 Å². The third-order valence-electron chi connectivity index (χ3n) is 2.69. The van der Waals surface area contributed by atoms with Crippen molar-refractivity contribution < 1.29 is 23.7 Å². The SMILES string of the molecule is CCOCCN(CCOCC)CCC(=O)OCCOC. The number of carbonyl (C=O) groups is 1. The second kappa shape index (κ2) is 14.7. The highest BCUT2D eigenvalue weighted by atomic mass is 16.6. The largest absolute Gasteiger partial charge is 0.463 e. The highest BCUT2D eigenvalue weighted by Crippen LogP contribution is 1.96. The summed E-state index contributed by atoms with van der Waals surface area (Å²) in [4.78, 5) is 13.7. The maximum absolute atomic E-state index is 11.5. The van der Waals surface area contributed by atoms with Crippen LogP contribution in [0, 0.1) is 0 Å². The van der Waals surface area contributed by atoms with E-state index in [1.807, 2.05) is 13.8 Å². The summed E-state index contributed by atoms with van der Waals surface area (Å²) in [6.07, 6.45) is 0.377. The number of carbonyl (C=O) groups excluding carboxylic acids is 1. The average Bonchev–Trinajstić information content (AvgIpc) is 2.45. The lowest BCUT2D eigenvalue weighted by molar-refractivity contribution is -0.145. The van der Waals surface area contributed by atoms with Crippen LogP contribution < -0.4 is 0 Å². The lowest BCUT2D eigenvalue weighted by atomic mass is 10.3. The molecule has 6 nitrogen and oxygen atoms in total. The molecule has 0 amide bonds. The van der Waals surface area contributed by atoms with Gasteiger partial charge in [0.25, 0.3) is 0 Å². The van der Waals surface area contributed by atoms with E-state index in [2.05, 4.69) is 4.90 Å². The molecular weight excluding hydrogens is 262 g/mol. The Hall–Kier alpha value is -0.690. The molecule has 0 heterocycles. The molecule has 0 rings (SSSR count). The molecule has 0 unspecified atom stereocenters. The quantitative estimate of drug-likeness (QED) is 0.351. The molecule has 0 aromatic heterocycles. The number of nitrogens with zero attached hydrogens (tertiary/aromatic N) is 1. The van der Waals surface area contributed by atoms with Crippen molar-refractivity contribution in [1.82, 2.24) is 4.90 Å². The van der Waals surface area contributed by atoms with Crippen LogP contribution in [0.25, 0.3) is 0 Å². The fourth-order valence-corrected chi connectivity index (χ4v) is 1.57. The Bertz CT molecular complexity index is 216. The van der Waals surface area contributed by atoms with E-state index >= 15 is 0 Å². The highest BCUT2D eigenvalue weighted by molar-refractivity contribution is 5.69. The van der Waals surface area contributed by atoms with Gasteiger partial charge in [-0.15, -0.1) is 0 Å². The van der Waals surface area contributed by atoms with Crippen molar-refractivity contribution in [1.29, 1.82) is 0 Å². The summed E-state index contributed by atoms with van der Waals surface area (Å²) >= 11 is 0. The first-order valence-electron chi connectivity index (χ1n) is 7.26. The molecule has 0 aliphatic heterocycles. The normalized spacial score (nSPS) is 11.0. The topological polar surface area (TPSA) is 57.2 Å². The second-order valence-corrected chi connectivity index (χ2v) is 4.20. The number of ether oxygens (including phenoxy) is 4. The van der Waals surface area contributed by atoms with Crippen molar-refractivity contribution in [2.24, 2.45) is 0 Å². The van der Waals surface area contributed by atoms with E-state index in [9.17, 15) is 4.79 Å². The van der Waals surface area contributed by atoms with Gasteiger partial charge in [0, 0.05) is 40.0 Å². The molecule has 0 aliphatic carbocycles. The summed E-state index contributed by atoms with van der Waals surface area (Å²) in [6.45, 7) is 9.69. The molecular formula is C14H29NO5. The predicted octanol–water partition coefficient (Wildman–Crippen LogP) is 0.941. The van der Waals surface area contributed by atoms with Gasteiger partial charge in [0.15, 0.2) is 0 Å². The highest BCUT2D eigenvalue weighted by Gasteiger charge is 2.09. The standard InChI is InChI=1S/C14H29NO5/c1-4-18-10-8-15(9-11-19-5-2)7-6-14(16)20-13-12-17-3/h4-13H2,1-3H3. The zero-order chi connectivity index (χ0) is 15.1. The monoisotopic (exact) mass is 291 g/mol. The molecule has 20 heavy (non-hydrogen) atoms. The molecule has 0 aromatic carbocycles. The van der Waals surface area contributed by atoms with E-state index in [0.29, 0.717) is 52.6 Å². The van der Waals surface area contributed by atoms with Crippen LogP contribution in [-0.4, -0.2) is 77.3 Å². The van der Waals surface area contributed by atoms with Gasteiger partial charge in [-0.3, -0.25) is 9.69 Å². The van der Waals surface area contributed by atoms with Crippen molar-refractivity contribution in [3.63, 3.8) is 0 Å². The number of hydrogen-bond donors (Lipinski definition) is 0. The van der Waals surface area contributed by atoms with Gasteiger partial charge in [0.05, 0.1) is 26.2 Å². The molecule has 0 aliphatic rings. The molecule has 0 saturated heterocycles. The molecule has 0 fully saturated rings. The van der Waals surface area contributed by atoms with Crippen molar-refractivity contribution in [2.45, 2.75) is 20.3 Å². The lowest BCUT2D eigenvalue weighted by Gasteiger charge is -2.21. The van der Waals surface area contributed by atoms with E-state index in [1.54, 1.807) is 7.11 Å². The summed E-state index contributed by atoms with van der Waals surface area (Å²) < 4.78 is 20.5. The van der Waals surface area contributed by atoms with Crippen molar-refractivity contribution in [3.8, 4) is 0 Å². The van der Waals surface area contributed by atoms with E-state index in [0.717, 1.165) is 13.1 Å². The predicted molar refractivity (Wildman–Crippen MR) is 76.9 cm³/mol. The van der Waals surface area contributed by atoms with Gasteiger partial charge in [0.1, 0.15) is 6.61 Å². The second-order valence-electron chi connectivity index (χ2n) is 4.20. The molecule has 6 heteroatoms. The molecule has 0 spiro atoms. The van der Waals surface area contributed by atoms with Gasteiger partial charge < -0.3 is 18.9 Å². The van der Waals surface area contributed by atoms with Crippen LogP contribution in [-0.2, 0) is 23.7 Å². The molecule has 0 radical (unpaired) electrons. The zero-order valence-electron chi connectivity index (χ0n) is 13.1. The summed E-state index contributed by atoms with van der Waals surface area (Å²) in [7, 11) is 1.58. The summed E-state index contributed by atoms with van der Waals surface area (Å²) in [5.41, 5.74) is 0. The first-order chi connectivity index (χ1) is 9.74. The first-order valence-corrected chi connectivity index (χ1v) is 7.26. The zero-order valence-corrected chi connectivity index (χ0v) is 13.1.